The normalized spacial score (nSPS) is 12.9. The lowest BCUT2D eigenvalue weighted by molar-refractivity contribution is 0.667. The van der Waals surface area contributed by atoms with E-state index < -0.39 is 0 Å². The molecule has 3 heterocycles. The van der Waals surface area contributed by atoms with E-state index in [1.165, 1.54) is 21.5 Å². The van der Waals surface area contributed by atoms with E-state index in [9.17, 15) is 0 Å². The van der Waals surface area contributed by atoms with Crippen LogP contribution in [0.25, 0.3) is 88.1 Å². The van der Waals surface area contributed by atoms with Crippen molar-refractivity contribution in [1.29, 1.82) is 0 Å². The highest BCUT2D eigenvalue weighted by atomic mass is 16.3. The summed E-state index contributed by atoms with van der Waals surface area (Å²) in [5, 5.41) is 6.68. The molecule has 0 saturated heterocycles. The van der Waals surface area contributed by atoms with Gasteiger partial charge in [0.15, 0.2) is 11.4 Å². The van der Waals surface area contributed by atoms with Gasteiger partial charge in [-0.1, -0.05) is 158 Å². The molecule has 5 heteroatoms. The van der Waals surface area contributed by atoms with Crippen LogP contribution >= 0.6 is 0 Å². The van der Waals surface area contributed by atoms with E-state index in [0.717, 1.165) is 94.5 Å². The molecule has 314 valence electrons. The fourth-order valence-corrected chi connectivity index (χ4v) is 9.91. The van der Waals surface area contributed by atoms with Crippen molar-refractivity contribution in [3.8, 4) is 22.5 Å². The second-order valence-corrected chi connectivity index (χ2v) is 17.1. The molecule has 3 aromatic heterocycles. The Kier molecular flexibility index (Phi) is 9.42. The molecular weight excluding hydrogens is 805 g/mol. The Bertz CT molecular complexity index is 3850. The van der Waals surface area contributed by atoms with Gasteiger partial charge in [-0.3, -0.25) is 4.99 Å². The summed E-state index contributed by atoms with van der Waals surface area (Å²) >= 11 is 0. The molecule has 0 aliphatic carbocycles. The molecule has 0 radical (unpaired) electrons. The first-order valence-electron chi connectivity index (χ1n) is 22.5. The quantitative estimate of drug-likeness (QED) is 0.111. The van der Waals surface area contributed by atoms with Crippen LogP contribution in [0, 0.1) is 0 Å². The van der Waals surface area contributed by atoms with Crippen LogP contribution in [-0.2, 0) is 0 Å². The van der Waals surface area contributed by atoms with Crippen LogP contribution in [-0.4, -0.2) is 20.7 Å². The fraction of sp³-hybridized carbons (Fsp3) is 0.0492. The zero-order valence-electron chi connectivity index (χ0n) is 36.7. The molecule has 0 N–H and O–H groups in total. The van der Waals surface area contributed by atoms with Gasteiger partial charge in [-0.05, 0) is 91.2 Å². The molecule has 0 bridgehead atoms. The Morgan fingerprint density at radius 1 is 0.515 bits per heavy atom. The highest BCUT2D eigenvalue weighted by Gasteiger charge is 2.25. The third-order valence-electron chi connectivity index (χ3n) is 13.0. The number of para-hydroxylation sites is 5. The number of benzene rings is 9. The molecule has 0 aliphatic rings. The highest BCUT2D eigenvalue weighted by Crippen LogP contribution is 2.44. The lowest BCUT2D eigenvalue weighted by atomic mass is 9.96. The van der Waals surface area contributed by atoms with Crippen LogP contribution in [0.4, 0.5) is 0 Å². The average Bonchev–Trinajstić information content (AvgIpc) is 4.04. The van der Waals surface area contributed by atoms with Gasteiger partial charge in [0.05, 0.1) is 39.5 Å². The number of allylic oxidation sites excluding steroid dienone is 1. The third-order valence-corrected chi connectivity index (χ3v) is 13.0. The molecule has 1 atom stereocenters. The number of aliphatic imine (C=N–C) groups is 2. The summed E-state index contributed by atoms with van der Waals surface area (Å²) in [7, 11) is 0. The van der Waals surface area contributed by atoms with Crippen LogP contribution < -0.4 is 0 Å². The van der Waals surface area contributed by atoms with Crippen molar-refractivity contribution in [2.24, 2.45) is 9.98 Å². The molecule has 12 aromatic rings. The molecule has 1 unspecified atom stereocenters. The van der Waals surface area contributed by atoms with Crippen molar-refractivity contribution in [3.05, 3.63) is 241 Å². The minimum atomic E-state index is -0.197. The van der Waals surface area contributed by atoms with Crippen LogP contribution in [0.3, 0.4) is 0 Å². The summed E-state index contributed by atoms with van der Waals surface area (Å²) in [6.07, 6.45) is 0. The molecule has 5 nitrogen and oxygen atoms in total. The van der Waals surface area contributed by atoms with E-state index in [2.05, 4.69) is 211 Å². The van der Waals surface area contributed by atoms with Gasteiger partial charge < -0.3 is 13.6 Å². The Labute approximate surface area is 382 Å². The maximum atomic E-state index is 7.44. The van der Waals surface area contributed by atoms with Gasteiger partial charge in [-0.15, -0.1) is 0 Å². The van der Waals surface area contributed by atoms with Crippen LogP contribution in [0.15, 0.2) is 239 Å². The molecule has 0 saturated carbocycles. The van der Waals surface area contributed by atoms with Gasteiger partial charge in [0.25, 0.3) is 0 Å². The maximum absolute atomic E-state index is 7.44. The van der Waals surface area contributed by atoms with Crippen LogP contribution in [0.1, 0.15) is 36.6 Å². The van der Waals surface area contributed by atoms with Gasteiger partial charge >= 0.3 is 0 Å². The van der Waals surface area contributed by atoms with Crippen molar-refractivity contribution >= 4 is 77.1 Å². The molecule has 0 spiro atoms. The first-order chi connectivity index (χ1) is 32.5. The molecule has 0 amide bonds. The zero-order valence-corrected chi connectivity index (χ0v) is 36.7. The lowest BCUT2D eigenvalue weighted by Crippen LogP contribution is -2.09. The summed E-state index contributed by atoms with van der Waals surface area (Å²) in [5.41, 5.74) is 14.8. The second-order valence-electron chi connectivity index (χ2n) is 17.1. The minimum Gasteiger partial charge on any atom is -0.453 e. The van der Waals surface area contributed by atoms with E-state index in [1.807, 2.05) is 31.2 Å². The number of hydrogen-bond acceptors (Lipinski definition) is 2. The number of rotatable bonds is 8. The number of hydrogen-bond donors (Lipinski definition) is 0. The summed E-state index contributed by atoms with van der Waals surface area (Å²) in [6, 6.07) is 74.7. The van der Waals surface area contributed by atoms with Gasteiger partial charge in [-0.2, -0.15) is 0 Å². The van der Waals surface area contributed by atoms with Gasteiger partial charge in [-0.25, -0.2) is 4.99 Å². The summed E-state index contributed by atoms with van der Waals surface area (Å²) in [4.78, 5) is 11.0. The summed E-state index contributed by atoms with van der Waals surface area (Å²) < 4.78 is 12.1. The Morgan fingerprint density at radius 2 is 1.08 bits per heavy atom. The molecular formula is C61H44N4O. The predicted molar refractivity (Wildman–Crippen MR) is 277 cm³/mol. The molecule has 9 aromatic carbocycles. The lowest BCUT2D eigenvalue weighted by Gasteiger charge is -2.14. The number of amidine groups is 1. The molecule has 0 fully saturated rings. The first-order valence-corrected chi connectivity index (χ1v) is 22.5. The molecule has 66 heavy (non-hydrogen) atoms. The van der Waals surface area contributed by atoms with E-state index in [0.29, 0.717) is 5.84 Å². The standard InChI is InChI=1S/C61H44N4O/c1-39(2)58(42-22-9-5-10-23-42)63-61(62-40(3)41-20-7-4-8-21-41)50-36-35-45(43-34-37-55-51(38-43)48-28-15-16-30-52(48)64(55)44-24-11-6-12-25-44)60-57(50)49-29-19-33-56(59(49)66-60)65-53-31-17-13-26-46(53)47-27-14-18-32-54(47)65/h4-38,40H,1H2,2-3H3/b62-61-,63-58+. The average molecular weight is 849 g/mol. The number of nitrogens with zero attached hydrogens (tertiary/aromatic N) is 4. The van der Waals surface area contributed by atoms with Gasteiger partial charge in [0, 0.05) is 54.7 Å². The van der Waals surface area contributed by atoms with E-state index in [4.69, 9.17) is 14.4 Å². The van der Waals surface area contributed by atoms with Crippen LogP contribution in [0.5, 0.6) is 0 Å². The topological polar surface area (TPSA) is 47.7 Å². The van der Waals surface area contributed by atoms with E-state index in [-0.39, 0.29) is 6.04 Å². The molecule has 0 aliphatic heterocycles. The van der Waals surface area contributed by atoms with Crippen molar-refractivity contribution in [3.63, 3.8) is 0 Å². The Morgan fingerprint density at radius 3 is 1.74 bits per heavy atom. The number of fused-ring (bicyclic) bond motifs is 9. The van der Waals surface area contributed by atoms with Crippen molar-refractivity contribution in [2.75, 3.05) is 0 Å². The second kappa shape index (κ2) is 15.9. The van der Waals surface area contributed by atoms with E-state index >= 15 is 0 Å². The first kappa shape index (κ1) is 39.1. The monoisotopic (exact) mass is 848 g/mol. The minimum absolute atomic E-state index is 0.197. The number of furan rings is 1. The number of aromatic nitrogens is 2. The Balaban J connectivity index is 1.17. The third kappa shape index (κ3) is 6.39. The smallest absolute Gasteiger partial charge is 0.159 e. The van der Waals surface area contributed by atoms with Crippen LogP contribution in [0.2, 0.25) is 0 Å². The van der Waals surface area contributed by atoms with Crippen molar-refractivity contribution in [1.82, 2.24) is 9.13 Å². The summed E-state index contributed by atoms with van der Waals surface area (Å²) in [6.45, 7) is 8.57. The van der Waals surface area contributed by atoms with Crippen molar-refractivity contribution in [2.45, 2.75) is 19.9 Å². The molecule has 12 rings (SSSR count). The van der Waals surface area contributed by atoms with Gasteiger partial charge in [0.2, 0.25) is 0 Å². The highest BCUT2D eigenvalue weighted by molar-refractivity contribution is 6.26. The van der Waals surface area contributed by atoms with Gasteiger partial charge in [0.1, 0.15) is 5.58 Å². The van der Waals surface area contributed by atoms with E-state index in [1.54, 1.807) is 0 Å². The summed E-state index contributed by atoms with van der Waals surface area (Å²) in [5.74, 6) is 0.608. The maximum Gasteiger partial charge on any atom is 0.159 e. The largest absolute Gasteiger partial charge is 0.453 e. The SMILES string of the molecule is C=C(C)/C(=N\C(=N/C(C)c1ccccc1)c1ccc(-c2ccc3c(c2)c2ccccc2n3-c2ccccc2)c2oc3c(-n4c5ccccc5c5ccccc54)cccc3c12)c1ccccc1. The van der Waals surface area contributed by atoms with Crippen molar-refractivity contribution < 1.29 is 4.42 Å². The fourth-order valence-electron chi connectivity index (χ4n) is 9.91. The Hall–Kier alpha value is -8.54. The zero-order chi connectivity index (χ0) is 44.3. The predicted octanol–water partition coefficient (Wildman–Crippen LogP) is 16.0.